The Balaban J connectivity index is 2.00. The van der Waals surface area contributed by atoms with Crippen LogP contribution in [-0.4, -0.2) is 26.3 Å². The van der Waals surface area contributed by atoms with Crippen molar-refractivity contribution in [1.82, 2.24) is 0 Å². The Labute approximate surface area is 123 Å². The molecule has 0 aromatic carbocycles. The Morgan fingerprint density at radius 2 is 2.05 bits per heavy atom. The van der Waals surface area contributed by atoms with Crippen molar-refractivity contribution in [1.29, 1.82) is 0 Å². The molecule has 2 fully saturated rings. The minimum Gasteiger partial charge on any atom is -0.469 e. The highest BCUT2D eigenvalue weighted by Gasteiger charge is 2.52. The highest BCUT2D eigenvalue weighted by atomic mass is 16.5. The first kappa shape index (κ1) is 15.8. The summed E-state index contributed by atoms with van der Waals surface area (Å²) in [4.78, 5) is 11.3. The zero-order valence-corrected chi connectivity index (χ0v) is 13.5. The van der Waals surface area contributed by atoms with Gasteiger partial charge in [-0.1, -0.05) is 20.3 Å². The maximum absolute atomic E-state index is 11.3. The van der Waals surface area contributed by atoms with Crippen LogP contribution in [0.25, 0.3) is 0 Å². The number of carbonyl (C=O) groups excluding carboxylic acids is 1. The summed E-state index contributed by atoms with van der Waals surface area (Å²) in [6, 6.07) is 0. The van der Waals surface area contributed by atoms with E-state index in [2.05, 4.69) is 13.8 Å². The van der Waals surface area contributed by atoms with Gasteiger partial charge in [-0.2, -0.15) is 0 Å². The third-order valence-electron chi connectivity index (χ3n) is 6.16. The minimum absolute atomic E-state index is 0.0741. The van der Waals surface area contributed by atoms with Crippen molar-refractivity contribution in [2.24, 2.45) is 23.2 Å². The van der Waals surface area contributed by atoms with E-state index in [-0.39, 0.29) is 5.97 Å². The predicted octanol–water partition coefficient (Wildman–Crippen LogP) is 3.81. The largest absolute Gasteiger partial charge is 0.469 e. The van der Waals surface area contributed by atoms with Crippen LogP contribution in [0.15, 0.2) is 0 Å². The van der Waals surface area contributed by atoms with Crippen molar-refractivity contribution in [3.05, 3.63) is 0 Å². The number of esters is 1. The lowest BCUT2D eigenvalue weighted by Crippen LogP contribution is -2.42. The van der Waals surface area contributed by atoms with Crippen LogP contribution in [0.5, 0.6) is 0 Å². The first-order valence-electron chi connectivity index (χ1n) is 8.12. The van der Waals surface area contributed by atoms with E-state index in [1.165, 1.54) is 39.2 Å². The molecule has 0 saturated heterocycles. The van der Waals surface area contributed by atoms with Gasteiger partial charge < -0.3 is 9.47 Å². The molecular weight excluding hydrogens is 252 g/mol. The predicted molar refractivity (Wildman–Crippen MR) is 79.4 cm³/mol. The van der Waals surface area contributed by atoms with E-state index in [9.17, 15) is 4.79 Å². The molecule has 0 aromatic rings. The number of hydrogen-bond donors (Lipinski definition) is 0. The summed E-state index contributed by atoms with van der Waals surface area (Å²) in [5.41, 5.74) is 0.411. The van der Waals surface area contributed by atoms with Gasteiger partial charge in [0.2, 0.25) is 0 Å². The molecule has 0 aliphatic heterocycles. The smallest absolute Gasteiger partial charge is 0.305 e. The minimum atomic E-state index is -0.0741. The van der Waals surface area contributed by atoms with Crippen molar-refractivity contribution in [2.45, 2.75) is 64.9 Å². The Morgan fingerprint density at radius 3 is 2.70 bits per heavy atom. The third kappa shape index (κ3) is 2.88. The molecule has 3 nitrogen and oxygen atoms in total. The zero-order valence-electron chi connectivity index (χ0n) is 13.5. The molecule has 0 amide bonds. The fourth-order valence-corrected chi connectivity index (χ4v) is 5.03. The molecular formula is C17H30O3. The topological polar surface area (TPSA) is 35.5 Å². The van der Waals surface area contributed by atoms with Crippen LogP contribution in [0.2, 0.25) is 0 Å². The van der Waals surface area contributed by atoms with Crippen molar-refractivity contribution in [3.63, 3.8) is 0 Å². The average molecular weight is 282 g/mol. The second kappa shape index (κ2) is 6.46. The summed E-state index contributed by atoms with van der Waals surface area (Å²) < 4.78 is 10.5. The van der Waals surface area contributed by atoms with E-state index in [1.54, 1.807) is 0 Å². The van der Waals surface area contributed by atoms with Gasteiger partial charge in [0.1, 0.15) is 0 Å². The molecule has 2 saturated carbocycles. The Hall–Kier alpha value is -0.570. The summed E-state index contributed by atoms with van der Waals surface area (Å²) in [6.45, 7) is 4.78. The summed E-state index contributed by atoms with van der Waals surface area (Å²) in [6.07, 6.45) is 8.38. The Morgan fingerprint density at radius 1 is 1.30 bits per heavy atom. The fraction of sp³-hybridized carbons (Fsp3) is 0.941. The molecule has 0 bridgehead atoms. The molecule has 0 radical (unpaired) electrons. The van der Waals surface area contributed by atoms with Crippen LogP contribution in [0, 0.1) is 23.2 Å². The van der Waals surface area contributed by atoms with E-state index in [1.807, 2.05) is 7.11 Å². The molecule has 5 unspecified atom stereocenters. The lowest BCUT2D eigenvalue weighted by atomic mass is 9.61. The van der Waals surface area contributed by atoms with Crippen molar-refractivity contribution < 1.29 is 14.3 Å². The Bertz CT molecular complexity index is 341. The SMILES string of the molecule is COC(=O)CCC(C)C1CCC2C(OC)CCCC12C. The first-order valence-corrected chi connectivity index (χ1v) is 8.12. The molecule has 5 atom stereocenters. The van der Waals surface area contributed by atoms with Gasteiger partial charge in [-0.25, -0.2) is 0 Å². The van der Waals surface area contributed by atoms with Gasteiger partial charge in [0.05, 0.1) is 13.2 Å². The monoisotopic (exact) mass is 282 g/mol. The molecule has 20 heavy (non-hydrogen) atoms. The molecule has 3 heteroatoms. The lowest BCUT2D eigenvalue weighted by molar-refractivity contribution is -0.141. The van der Waals surface area contributed by atoms with Gasteiger partial charge >= 0.3 is 5.97 Å². The first-order chi connectivity index (χ1) is 9.52. The second-order valence-electron chi connectivity index (χ2n) is 7.05. The average Bonchev–Trinajstić information content (AvgIpc) is 2.81. The van der Waals surface area contributed by atoms with Crippen LogP contribution in [0.3, 0.4) is 0 Å². The van der Waals surface area contributed by atoms with Gasteiger partial charge in [-0.15, -0.1) is 0 Å². The van der Waals surface area contributed by atoms with Crippen molar-refractivity contribution in [3.8, 4) is 0 Å². The second-order valence-corrected chi connectivity index (χ2v) is 7.05. The molecule has 116 valence electrons. The number of rotatable bonds is 5. The summed E-state index contributed by atoms with van der Waals surface area (Å²) >= 11 is 0. The number of fused-ring (bicyclic) bond motifs is 1. The van der Waals surface area contributed by atoms with Gasteiger partial charge in [-0.3, -0.25) is 4.79 Å². The molecule has 2 aliphatic rings. The van der Waals surface area contributed by atoms with Gasteiger partial charge in [0.15, 0.2) is 0 Å². The van der Waals surface area contributed by atoms with Crippen LogP contribution in [-0.2, 0) is 14.3 Å². The fourth-order valence-electron chi connectivity index (χ4n) is 5.03. The molecule has 2 rings (SSSR count). The molecule has 0 heterocycles. The van der Waals surface area contributed by atoms with Crippen LogP contribution in [0.4, 0.5) is 0 Å². The van der Waals surface area contributed by atoms with E-state index in [0.29, 0.717) is 29.8 Å². The molecule has 0 spiro atoms. The summed E-state index contributed by atoms with van der Waals surface area (Å²) in [5, 5.41) is 0. The Kier molecular flexibility index (Phi) is 5.11. The van der Waals surface area contributed by atoms with Crippen LogP contribution in [0.1, 0.15) is 58.8 Å². The molecule has 2 aliphatic carbocycles. The van der Waals surface area contributed by atoms with Crippen molar-refractivity contribution >= 4 is 5.97 Å². The van der Waals surface area contributed by atoms with E-state index >= 15 is 0 Å². The number of hydrogen-bond acceptors (Lipinski definition) is 3. The quantitative estimate of drug-likeness (QED) is 0.719. The van der Waals surface area contributed by atoms with Gasteiger partial charge in [-0.05, 0) is 55.3 Å². The van der Waals surface area contributed by atoms with E-state index in [0.717, 1.165) is 12.3 Å². The maximum Gasteiger partial charge on any atom is 0.305 e. The standard InChI is InChI=1S/C17H30O3/c1-12(7-10-16(18)20-4)13-8-9-14-15(19-3)6-5-11-17(13,14)2/h12-15H,5-11H2,1-4H3. The number of carbonyl (C=O) groups is 1. The lowest BCUT2D eigenvalue weighted by Gasteiger charge is -2.46. The highest BCUT2D eigenvalue weighted by molar-refractivity contribution is 5.69. The third-order valence-corrected chi connectivity index (χ3v) is 6.16. The zero-order chi connectivity index (χ0) is 14.8. The summed E-state index contributed by atoms with van der Waals surface area (Å²) in [5.74, 6) is 1.97. The maximum atomic E-state index is 11.3. The normalized spacial score (nSPS) is 38.3. The van der Waals surface area contributed by atoms with Crippen LogP contribution >= 0.6 is 0 Å². The summed E-state index contributed by atoms with van der Waals surface area (Å²) in [7, 11) is 3.34. The highest BCUT2D eigenvalue weighted by Crippen LogP contribution is 2.58. The molecule has 0 aromatic heterocycles. The van der Waals surface area contributed by atoms with E-state index in [4.69, 9.17) is 9.47 Å². The number of ether oxygens (including phenoxy) is 2. The number of methoxy groups -OCH3 is 2. The molecule has 0 N–H and O–H groups in total. The van der Waals surface area contributed by atoms with Gasteiger partial charge in [0.25, 0.3) is 0 Å². The van der Waals surface area contributed by atoms with Gasteiger partial charge in [0, 0.05) is 13.5 Å². The van der Waals surface area contributed by atoms with E-state index < -0.39 is 0 Å². The van der Waals surface area contributed by atoms with Crippen LogP contribution < -0.4 is 0 Å². The van der Waals surface area contributed by atoms with Crippen molar-refractivity contribution in [2.75, 3.05) is 14.2 Å².